The number of rotatable bonds is 4. The predicted molar refractivity (Wildman–Crippen MR) is 80.9 cm³/mol. The smallest absolute Gasteiger partial charge is 0.0645 e. The van der Waals surface area contributed by atoms with Crippen LogP contribution in [0.15, 0.2) is 42.7 Å². The van der Waals surface area contributed by atoms with Gasteiger partial charge in [-0.1, -0.05) is 12.1 Å². The number of benzene rings is 1. The van der Waals surface area contributed by atoms with Gasteiger partial charge in [0, 0.05) is 25.0 Å². The molecule has 1 aromatic carbocycles. The van der Waals surface area contributed by atoms with E-state index < -0.39 is 0 Å². The van der Waals surface area contributed by atoms with Crippen molar-refractivity contribution in [1.82, 2.24) is 20.0 Å². The third kappa shape index (κ3) is 3.26. The summed E-state index contributed by atoms with van der Waals surface area (Å²) in [6, 6.07) is 11.2. The van der Waals surface area contributed by atoms with Crippen LogP contribution < -0.4 is 5.32 Å². The molecule has 3 rings (SSSR count). The second-order valence-electron chi connectivity index (χ2n) is 5.58. The van der Waals surface area contributed by atoms with E-state index in [1.807, 2.05) is 16.9 Å². The summed E-state index contributed by atoms with van der Waals surface area (Å²) in [6.07, 6.45) is 6.27. The number of hydrogen-bond donors (Lipinski definition) is 1. The molecule has 1 saturated heterocycles. The zero-order chi connectivity index (χ0) is 13.8. The highest BCUT2D eigenvalue weighted by molar-refractivity contribution is 5.33. The van der Waals surface area contributed by atoms with Gasteiger partial charge in [-0.15, -0.1) is 0 Å². The fourth-order valence-electron chi connectivity index (χ4n) is 2.66. The molecular weight excluding hydrogens is 248 g/mol. The molecule has 0 saturated carbocycles. The summed E-state index contributed by atoms with van der Waals surface area (Å²) in [4.78, 5) is 2.40. The SMILES string of the molecule is CN1CCC(NCc2ccc(-n3cccn3)cc2)CC1. The summed E-state index contributed by atoms with van der Waals surface area (Å²) in [5.41, 5.74) is 2.44. The molecule has 2 aromatic rings. The van der Waals surface area contributed by atoms with Gasteiger partial charge < -0.3 is 10.2 Å². The van der Waals surface area contributed by atoms with Crippen molar-refractivity contribution >= 4 is 0 Å². The van der Waals surface area contributed by atoms with Crippen LogP contribution in [-0.4, -0.2) is 40.9 Å². The first-order valence-electron chi connectivity index (χ1n) is 7.32. The lowest BCUT2D eigenvalue weighted by molar-refractivity contribution is 0.234. The summed E-state index contributed by atoms with van der Waals surface area (Å²) in [6.45, 7) is 3.36. The lowest BCUT2D eigenvalue weighted by atomic mass is 10.1. The Kier molecular flexibility index (Phi) is 4.14. The van der Waals surface area contributed by atoms with E-state index in [1.54, 1.807) is 6.20 Å². The average Bonchev–Trinajstić information content (AvgIpc) is 3.01. The molecule has 0 radical (unpaired) electrons. The van der Waals surface area contributed by atoms with Crippen molar-refractivity contribution in [2.75, 3.05) is 20.1 Å². The van der Waals surface area contributed by atoms with Crippen LogP contribution in [0.2, 0.25) is 0 Å². The monoisotopic (exact) mass is 270 g/mol. The minimum atomic E-state index is 0.664. The van der Waals surface area contributed by atoms with Crippen LogP contribution in [0.4, 0.5) is 0 Å². The van der Waals surface area contributed by atoms with E-state index >= 15 is 0 Å². The Labute approximate surface area is 120 Å². The Morgan fingerprint density at radius 3 is 2.60 bits per heavy atom. The molecule has 0 unspecified atom stereocenters. The van der Waals surface area contributed by atoms with Crippen molar-refractivity contribution in [2.45, 2.75) is 25.4 Å². The third-order valence-electron chi connectivity index (χ3n) is 4.02. The number of piperidine rings is 1. The Balaban J connectivity index is 1.53. The van der Waals surface area contributed by atoms with Crippen molar-refractivity contribution in [1.29, 1.82) is 0 Å². The van der Waals surface area contributed by atoms with Crippen molar-refractivity contribution in [3.8, 4) is 5.69 Å². The standard InChI is InChI=1S/C16H22N4/c1-19-11-7-15(8-12-19)17-13-14-3-5-16(6-4-14)20-10-2-9-18-20/h2-6,9-10,15,17H,7-8,11-13H2,1H3. The maximum absolute atomic E-state index is 4.24. The summed E-state index contributed by atoms with van der Waals surface area (Å²) in [5, 5.41) is 7.90. The topological polar surface area (TPSA) is 33.1 Å². The van der Waals surface area contributed by atoms with Gasteiger partial charge in [-0.3, -0.25) is 0 Å². The molecule has 1 aliphatic heterocycles. The number of hydrogen-bond acceptors (Lipinski definition) is 3. The van der Waals surface area contributed by atoms with Gasteiger partial charge in [-0.2, -0.15) is 5.10 Å². The number of likely N-dealkylation sites (tertiary alicyclic amines) is 1. The van der Waals surface area contributed by atoms with E-state index in [9.17, 15) is 0 Å². The molecule has 0 aliphatic carbocycles. The Morgan fingerprint density at radius 1 is 1.20 bits per heavy atom. The first-order chi connectivity index (χ1) is 9.81. The molecule has 0 amide bonds. The highest BCUT2D eigenvalue weighted by Crippen LogP contribution is 2.11. The lowest BCUT2D eigenvalue weighted by Gasteiger charge is -2.29. The van der Waals surface area contributed by atoms with Gasteiger partial charge >= 0.3 is 0 Å². The number of nitrogens with zero attached hydrogens (tertiary/aromatic N) is 3. The average molecular weight is 270 g/mol. The van der Waals surface area contributed by atoms with Crippen molar-refractivity contribution in [2.24, 2.45) is 0 Å². The van der Waals surface area contributed by atoms with E-state index in [0.29, 0.717) is 6.04 Å². The van der Waals surface area contributed by atoms with E-state index in [-0.39, 0.29) is 0 Å². The van der Waals surface area contributed by atoms with Crippen LogP contribution in [0.5, 0.6) is 0 Å². The zero-order valence-corrected chi connectivity index (χ0v) is 12.0. The molecule has 1 N–H and O–H groups in total. The second kappa shape index (κ2) is 6.20. The maximum atomic E-state index is 4.24. The highest BCUT2D eigenvalue weighted by Gasteiger charge is 2.15. The van der Waals surface area contributed by atoms with Crippen LogP contribution in [-0.2, 0) is 6.54 Å². The van der Waals surface area contributed by atoms with Crippen LogP contribution in [0.25, 0.3) is 5.69 Å². The molecule has 1 aliphatic rings. The third-order valence-corrected chi connectivity index (χ3v) is 4.02. The lowest BCUT2D eigenvalue weighted by Crippen LogP contribution is -2.40. The maximum Gasteiger partial charge on any atom is 0.0645 e. The molecule has 106 valence electrons. The molecule has 1 aromatic heterocycles. The fourth-order valence-corrected chi connectivity index (χ4v) is 2.66. The molecule has 4 heteroatoms. The van der Waals surface area contributed by atoms with Crippen molar-refractivity contribution < 1.29 is 0 Å². The fraction of sp³-hybridized carbons (Fsp3) is 0.438. The molecule has 0 atom stereocenters. The van der Waals surface area contributed by atoms with E-state index in [0.717, 1.165) is 12.2 Å². The summed E-state index contributed by atoms with van der Waals surface area (Å²) in [7, 11) is 2.20. The predicted octanol–water partition coefficient (Wildman–Crippen LogP) is 2.06. The van der Waals surface area contributed by atoms with Gasteiger partial charge in [0.05, 0.1) is 5.69 Å². The molecule has 4 nitrogen and oxygen atoms in total. The van der Waals surface area contributed by atoms with Crippen LogP contribution in [0, 0.1) is 0 Å². The van der Waals surface area contributed by atoms with Crippen LogP contribution in [0.1, 0.15) is 18.4 Å². The Hall–Kier alpha value is -1.65. The molecule has 0 bridgehead atoms. The highest BCUT2D eigenvalue weighted by atomic mass is 15.3. The number of aromatic nitrogens is 2. The first-order valence-corrected chi connectivity index (χ1v) is 7.32. The van der Waals surface area contributed by atoms with Gasteiger partial charge in [0.1, 0.15) is 0 Å². The van der Waals surface area contributed by atoms with Crippen LogP contribution >= 0.6 is 0 Å². The summed E-state index contributed by atoms with van der Waals surface area (Å²) >= 11 is 0. The van der Waals surface area contributed by atoms with Crippen molar-refractivity contribution in [3.63, 3.8) is 0 Å². The van der Waals surface area contributed by atoms with Gasteiger partial charge in [0.2, 0.25) is 0 Å². The largest absolute Gasteiger partial charge is 0.310 e. The molecular formula is C16H22N4. The molecule has 20 heavy (non-hydrogen) atoms. The first kappa shape index (κ1) is 13.3. The quantitative estimate of drug-likeness (QED) is 0.923. The second-order valence-corrected chi connectivity index (χ2v) is 5.58. The van der Waals surface area contributed by atoms with Gasteiger partial charge in [0.25, 0.3) is 0 Å². The van der Waals surface area contributed by atoms with Crippen LogP contribution in [0.3, 0.4) is 0 Å². The zero-order valence-electron chi connectivity index (χ0n) is 12.0. The van der Waals surface area contributed by atoms with Crippen molar-refractivity contribution in [3.05, 3.63) is 48.3 Å². The Morgan fingerprint density at radius 2 is 1.95 bits per heavy atom. The number of nitrogens with one attached hydrogen (secondary N) is 1. The summed E-state index contributed by atoms with van der Waals surface area (Å²) < 4.78 is 1.88. The minimum absolute atomic E-state index is 0.664. The molecule has 1 fully saturated rings. The van der Waals surface area contributed by atoms with E-state index in [4.69, 9.17) is 0 Å². The Bertz CT molecular complexity index is 510. The molecule has 0 spiro atoms. The van der Waals surface area contributed by atoms with Gasteiger partial charge in [-0.05, 0) is 56.7 Å². The minimum Gasteiger partial charge on any atom is -0.310 e. The summed E-state index contributed by atoms with van der Waals surface area (Å²) in [5.74, 6) is 0. The molecule has 2 heterocycles. The van der Waals surface area contributed by atoms with E-state index in [1.165, 1.54) is 31.5 Å². The van der Waals surface area contributed by atoms with E-state index in [2.05, 4.69) is 46.6 Å². The normalized spacial score (nSPS) is 17.4. The van der Waals surface area contributed by atoms with Gasteiger partial charge in [0.15, 0.2) is 0 Å². The van der Waals surface area contributed by atoms with Gasteiger partial charge in [-0.25, -0.2) is 4.68 Å².